The smallest absolute Gasteiger partial charge is 0.410 e. The molecular weight excluding hydrogens is 292 g/mol. The van der Waals surface area contributed by atoms with Gasteiger partial charge >= 0.3 is 6.09 Å². The standard InChI is InChI=1S/C18H36N2O3/c1-13(19-17(5,6)18(7,8)22)14-10-9-11-20(12-14)15(21)23-16(2,3)4/h13-14,19,22H,9-12H2,1-8H3. The fourth-order valence-corrected chi connectivity index (χ4v) is 2.77. The molecule has 0 aromatic rings. The molecule has 1 fully saturated rings. The van der Waals surface area contributed by atoms with Crippen molar-refractivity contribution in [3.8, 4) is 0 Å². The minimum atomic E-state index is -0.819. The highest BCUT2D eigenvalue weighted by Crippen LogP contribution is 2.26. The van der Waals surface area contributed by atoms with Gasteiger partial charge in [-0.3, -0.25) is 0 Å². The van der Waals surface area contributed by atoms with Crippen LogP contribution in [0.3, 0.4) is 0 Å². The van der Waals surface area contributed by atoms with Crippen LogP contribution in [0.2, 0.25) is 0 Å². The van der Waals surface area contributed by atoms with Crippen LogP contribution in [0.15, 0.2) is 0 Å². The third-order valence-electron chi connectivity index (χ3n) is 4.93. The minimum Gasteiger partial charge on any atom is -0.444 e. The SMILES string of the molecule is CC(NC(C)(C)C(C)(C)O)C1CCCN(C(=O)OC(C)(C)C)C1. The first-order valence-electron chi connectivity index (χ1n) is 8.71. The molecular formula is C18H36N2O3. The van der Waals surface area contributed by atoms with E-state index in [9.17, 15) is 9.90 Å². The Morgan fingerprint density at radius 2 is 1.78 bits per heavy atom. The third kappa shape index (κ3) is 5.96. The molecule has 1 saturated heterocycles. The Morgan fingerprint density at radius 1 is 1.22 bits per heavy atom. The number of ether oxygens (including phenoxy) is 1. The lowest BCUT2D eigenvalue weighted by molar-refractivity contribution is -0.0175. The predicted molar refractivity (Wildman–Crippen MR) is 93.5 cm³/mol. The highest BCUT2D eigenvalue weighted by atomic mass is 16.6. The molecule has 0 aromatic carbocycles. The Morgan fingerprint density at radius 3 is 2.26 bits per heavy atom. The molecule has 23 heavy (non-hydrogen) atoms. The molecule has 1 heterocycles. The number of carbonyl (C=O) groups is 1. The van der Waals surface area contributed by atoms with Crippen LogP contribution in [0.1, 0.15) is 68.2 Å². The molecule has 5 heteroatoms. The molecule has 0 aliphatic carbocycles. The van der Waals surface area contributed by atoms with Crippen molar-refractivity contribution in [3.05, 3.63) is 0 Å². The van der Waals surface area contributed by atoms with Gasteiger partial charge in [-0.05, 0) is 74.1 Å². The van der Waals surface area contributed by atoms with E-state index in [0.717, 1.165) is 19.4 Å². The van der Waals surface area contributed by atoms with E-state index in [1.165, 1.54) is 0 Å². The summed E-state index contributed by atoms with van der Waals surface area (Å²) in [6.45, 7) is 16.9. The Hall–Kier alpha value is -0.810. The van der Waals surface area contributed by atoms with Gasteiger partial charge in [0, 0.05) is 24.7 Å². The maximum absolute atomic E-state index is 12.3. The first-order valence-corrected chi connectivity index (χ1v) is 8.71. The molecule has 0 saturated carbocycles. The number of likely N-dealkylation sites (tertiary alicyclic amines) is 1. The number of amides is 1. The molecule has 1 rings (SSSR count). The van der Waals surface area contributed by atoms with E-state index in [-0.39, 0.29) is 12.1 Å². The number of nitrogens with zero attached hydrogens (tertiary/aromatic N) is 1. The van der Waals surface area contributed by atoms with Crippen molar-refractivity contribution < 1.29 is 14.6 Å². The van der Waals surface area contributed by atoms with E-state index < -0.39 is 16.7 Å². The van der Waals surface area contributed by atoms with Crippen molar-refractivity contribution in [2.75, 3.05) is 13.1 Å². The van der Waals surface area contributed by atoms with E-state index in [2.05, 4.69) is 12.2 Å². The minimum absolute atomic E-state index is 0.210. The first-order chi connectivity index (χ1) is 10.2. The molecule has 1 aliphatic heterocycles. The summed E-state index contributed by atoms with van der Waals surface area (Å²) in [5.41, 5.74) is -1.68. The normalized spacial score (nSPS) is 22.0. The second kappa shape index (κ2) is 6.98. The number of hydrogen-bond donors (Lipinski definition) is 2. The number of aliphatic hydroxyl groups is 1. The van der Waals surface area contributed by atoms with Crippen LogP contribution in [0.5, 0.6) is 0 Å². The second-order valence-corrected chi connectivity index (χ2v) is 8.95. The maximum atomic E-state index is 12.3. The van der Waals surface area contributed by atoms with Gasteiger partial charge in [0.2, 0.25) is 0 Å². The molecule has 0 radical (unpaired) electrons. The lowest BCUT2D eigenvalue weighted by Gasteiger charge is -2.44. The van der Waals surface area contributed by atoms with Gasteiger partial charge in [0.15, 0.2) is 0 Å². The monoisotopic (exact) mass is 328 g/mol. The Bertz CT molecular complexity index is 407. The summed E-state index contributed by atoms with van der Waals surface area (Å²) in [7, 11) is 0. The Kier molecular flexibility index (Phi) is 6.14. The fourth-order valence-electron chi connectivity index (χ4n) is 2.77. The van der Waals surface area contributed by atoms with Crippen molar-refractivity contribution in [2.24, 2.45) is 5.92 Å². The van der Waals surface area contributed by atoms with E-state index in [4.69, 9.17) is 4.74 Å². The summed E-state index contributed by atoms with van der Waals surface area (Å²) < 4.78 is 5.49. The number of carbonyl (C=O) groups excluding carboxylic acids is 1. The van der Waals surface area contributed by atoms with Gasteiger partial charge in [-0.2, -0.15) is 0 Å². The van der Waals surface area contributed by atoms with Gasteiger partial charge < -0.3 is 20.1 Å². The van der Waals surface area contributed by atoms with Crippen LogP contribution in [0.4, 0.5) is 4.79 Å². The van der Waals surface area contributed by atoms with Gasteiger partial charge in [-0.15, -0.1) is 0 Å². The summed E-state index contributed by atoms with van der Waals surface area (Å²) in [4.78, 5) is 14.1. The molecule has 136 valence electrons. The number of nitrogens with one attached hydrogen (secondary N) is 1. The molecule has 2 unspecified atom stereocenters. The lowest BCUT2D eigenvalue weighted by Crippen LogP contribution is -2.60. The van der Waals surface area contributed by atoms with Gasteiger partial charge in [0.05, 0.1) is 5.60 Å². The topological polar surface area (TPSA) is 61.8 Å². The molecule has 0 spiro atoms. The van der Waals surface area contributed by atoms with Crippen LogP contribution in [-0.4, -0.2) is 52.0 Å². The highest BCUT2D eigenvalue weighted by Gasteiger charge is 2.38. The number of hydrogen-bond acceptors (Lipinski definition) is 4. The van der Waals surface area contributed by atoms with Crippen LogP contribution in [-0.2, 0) is 4.74 Å². The zero-order valence-electron chi connectivity index (χ0n) is 16.2. The van der Waals surface area contributed by atoms with Gasteiger partial charge in [-0.25, -0.2) is 4.79 Å². The molecule has 1 aliphatic rings. The number of rotatable bonds is 4. The summed E-state index contributed by atoms with van der Waals surface area (Å²) in [6.07, 6.45) is 1.84. The van der Waals surface area contributed by atoms with E-state index >= 15 is 0 Å². The Labute approximate surface area is 141 Å². The molecule has 0 bridgehead atoms. The lowest BCUT2D eigenvalue weighted by atomic mass is 9.83. The predicted octanol–water partition coefficient (Wildman–Crippen LogP) is 3.16. The molecule has 2 atom stereocenters. The summed E-state index contributed by atoms with van der Waals surface area (Å²) in [5, 5.41) is 13.9. The van der Waals surface area contributed by atoms with Crippen molar-refractivity contribution >= 4 is 6.09 Å². The van der Waals surface area contributed by atoms with Crippen LogP contribution in [0, 0.1) is 5.92 Å². The fraction of sp³-hybridized carbons (Fsp3) is 0.944. The summed E-state index contributed by atoms with van der Waals surface area (Å²) in [6, 6.07) is 0.210. The van der Waals surface area contributed by atoms with E-state index in [1.54, 1.807) is 0 Å². The van der Waals surface area contributed by atoms with Crippen LogP contribution >= 0.6 is 0 Å². The molecule has 5 nitrogen and oxygen atoms in total. The zero-order chi connectivity index (χ0) is 18.1. The van der Waals surface area contributed by atoms with E-state index in [1.807, 2.05) is 53.4 Å². The average Bonchev–Trinajstić information content (AvgIpc) is 2.35. The summed E-state index contributed by atoms with van der Waals surface area (Å²) in [5.74, 6) is 0.359. The van der Waals surface area contributed by atoms with Gasteiger partial charge in [0.1, 0.15) is 5.60 Å². The van der Waals surface area contributed by atoms with Crippen molar-refractivity contribution in [2.45, 2.75) is 91.0 Å². The largest absolute Gasteiger partial charge is 0.444 e. The van der Waals surface area contributed by atoms with Crippen LogP contribution in [0.25, 0.3) is 0 Å². The maximum Gasteiger partial charge on any atom is 0.410 e. The number of piperidine rings is 1. The van der Waals surface area contributed by atoms with E-state index in [0.29, 0.717) is 12.5 Å². The molecule has 0 aromatic heterocycles. The van der Waals surface area contributed by atoms with Gasteiger partial charge in [0.25, 0.3) is 0 Å². The Balaban J connectivity index is 2.66. The summed E-state index contributed by atoms with van der Waals surface area (Å²) >= 11 is 0. The molecule has 2 N–H and O–H groups in total. The van der Waals surface area contributed by atoms with Gasteiger partial charge in [-0.1, -0.05) is 0 Å². The van der Waals surface area contributed by atoms with Crippen molar-refractivity contribution in [1.29, 1.82) is 0 Å². The third-order valence-corrected chi connectivity index (χ3v) is 4.93. The van der Waals surface area contributed by atoms with Crippen molar-refractivity contribution in [1.82, 2.24) is 10.2 Å². The first kappa shape index (κ1) is 20.2. The highest BCUT2D eigenvalue weighted by molar-refractivity contribution is 5.68. The molecule has 1 amide bonds. The average molecular weight is 328 g/mol. The van der Waals surface area contributed by atoms with Crippen molar-refractivity contribution in [3.63, 3.8) is 0 Å². The zero-order valence-corrected chi connectivity index (χ0v) is 16.2. The van der Waals surface area contributed by atoms with Crippen LogP contribution < -0.4 is 5.32 Å². The quantitative estimate of drug-likeness (QED) is 0.832. The second-order valence-electron chi connectivity index (χ2n) is 8.95.